The normalized spacial score (nSPS) is 6.17. The van der Waals surface area contributed by atoms with E-state index in [-0.39, 0.29) is 58.3 Å². The molecule has 2 nitrogen and oxygen atoms in total. The molecule has 34 valence electrons. The summed E-state index contributed by atoms with van der Waals surface area (Å²) >= 11 is 0. The largest absolute Gasteiger partial charge is 2.00 e. The molecular weight excluding hydrogens is 205 g/mol. The van der Waals surface area contributed by atoms with Crippen LogP contribution in [0.5, 0.6) is 0 Å². The Labute approximate surface area is 80.3 Å². The van der Waals surface area contributed by atoms with E-state index < -0.39 is 0 Å². The van der Waals surface area contributed by atoms with Crippen molar-refractivity contribution in [3.63, 3.8) is 0 Å². The van der Waals surface area contributed by atoms with Gasteiger partial charge >= 0.3 is 48.9 Å². The molecule has 0 aromatic carbocycles. The van der Waals surface area contributed by atoms with Gasteiger partial charge in [0.15, 0.2) is 0 Å². The Morgan fingerprint density at radius 2 is 2.50 bits per heavy atom. The quantitative estimate of drug-likeness (QED) is 0.464. The van der Waals surface area contributed by atoms with E-state index in [2.05, 4.69) is 4.74 Å². The Hall–Kier alpha value is 1.20. The molecule has 0 N–H and O–H groups in total. The van der Waals surface area contributed by atoms with Crippen molar-refractivity contribution in [2.24, 2.45) is 0 Å². The van der Waals surface area contributed by atoms with E-state index >= 15 is 0 Å². The van der Waals surface area contributed by atoms with Gasteiger partial charge in [0.05, 0.1) is 0 Å². The summed E-state index contributed by atoms with van der Waals surface area (Å²) < 4.78 is 4.32. The van der Waals surface area contributed by atoms with Gasteiger partial charge in [0.1, 0.15) is 12.9 Å². The van der Waals surface area contributed by atoms with Gasteiger partial charge in [-0.2, -0.15) is 0 Å². The fourth-order valence-corrected chi connectivity index (χ4v) is 0.0680. The molecule has 0 saturated heterocycles. The number of ether oxygens (including phenoxy) is 1. The second-order valence-corrected chi connectivity index (χ2v) is 0.622. The van der Waals surface area contributed by atoms with Crippen LogP contribution in [0.25, 0.3) is 0 Å². The summed E-state index contributed by atoms with van der Waals surface area (Å²) in [7, 11) is 1.48. The van der Waals surface area contributed by atoms with Crippen LogP contribution >= 0.6 is 0 Å². The van der Waals surface area contributed by atoms with Gasteiger partial charge in [0, 0.05) is 7.11 Å². The van der Waals surface area contributed by atoms with Crippen LogP contribution in [0.15, 0.2) is 0 Å². The van der Waals surface area contributed by atoms with Crippen LogP contribution in [-0.2, 0) is 9.53 Å². The van der Waals surface area contributed by atoms with Gasteiger partial charge in [-0.3, -0.25) is 0 Å². The van der Waals surface area contributed by atoms with Crippen LogP contribution < -0.4 is 0 Å². The van der Waals surface area contributed by atoms with E-state index in [1.165, 1.54) is 7.11 Å². The van der Waals surface area contributed by atoms with Crippen molar-refractivity contribution < 1.29 is 12.4 Å². The Kier molecular flexibility index (Phi) is 16.2. The zero-order valence-corrected chi connectivity index (χ0v) is 8.25. The molecule has 0 aliphatic heterocycles. The average Bonchev–Trinajstić information content (AvgIpc) is 1.41. The summed E-state index contributed by atoms with van der Waals surface area (Å²) in [5.74, 6) is 0. The van der Waals surface area contributed by atoms with Crippen molar-refractivity contribution in [1.82, 2.24) is 0 Å². The second-order valence-electron chi connectivity index (χ2n) is 0.622. The zero-order valence-electron chi connectivity index (χ0n) is 5.81. The van der Waals surface area contributed by atoms with E-state index in [1.54, 1.807) is 0 Å². The Morgan fingerprint density at radius 3 is 2.50 bits per heavy atom. The number of hydrogen-bond donors (Lipinski definition) is 0. The van der Waals surface area contributed by atoms with Gasteiger partial charge in [0.2, 0.25) is 0 Å². The smallest absolute Gasteiger partial charge is 1.00 e. The van der Waals surface area contributed by atoms with Crippen LogP contribution in [0, 0.1) is 0 Å². The number of aldehydes is 1. The van der Waals surface area contributed by atoms with E-state index in [4.69, 9.17) is 0 Å². The molecule has 0 heterocycles. The molecule has 0 rings (SSSR count). The molecule has 3 heteroatoms. The van der Waals surface area contributed by atoms with Crippen molar-refractivity contribution in [3.05, 3.63) is 0 Å². The molecule has 0 aliphatic rings. The first-order chi connectivity index (χ1) is 2.41. The topological polar surface area (TPSA) is 26.3 Å². The third kappa shape index (κ3) is 8.96. The van der Waals surface area contributed by atoms with Crippen LogP contribution in [0.1, 0.15) is 2.85 Å². The van der Waals surface area contributed by atoms with E-state index in [1.807, 2.05) is 0 Å². The molecule has 0 aromatic heterocycles. The summed E-state index contributed by atoms with van der Waals surface area (Å²) in [5.41, 5.74) is 0. The Morgan fingerprint density at radius 1 is 2.00 bits per heavy atom. The minimum atomic E-state index is 0. The summed E-state index contributed by atoms with van der Waals surface area (Å²) in [6.45, 7) is 0.208. The van der Waals surface area contributed by atoms with Gasteiger partial charge in [-0.25, -0.2) is 0 Å². The van der Waals surface area contributed by atoms with Crippen LogP contribution in [-0.4, -0.2) is 68.9 Å². The van der Waals surface area contributed by atoms with Gasteiger partial charge in [-0.1, -0.05) is 0 Å². The van der Waals surface area contributed by atoms with Crippen molar-refractivity contribution in [2.45, 2.75) is 0 Å². The number of carbonyl (C=O) groups is 1. The first kappa shape index (κ1) is 10.2. The first-order valence-corrected chi connectivity index (χ1v) is 1.34. The van der Waals surface area contributed by atoms with Gasteiger partial charge in [-0.05, 0) is 0 Å². The molecular formula is C3H8BaO2. The fourth-order valence-electron chi connectivity index (χ4n) is 0.0680. The minimum Gasteiger partial charge on any atom is -1.00 e. The molecule has 0 atom stereocenters. The molecule has 0 aliphatic carbocycles. The maximum Gasteiger partial charge on any atom is 2.00 e. The number of methoxy groups -OCH3 is 1. The molecule has 0 saturated carbocycles. The number of rotatable bonds is 2. The van der Waals surface area contributed by atoms with Gasteiger partial charge in [-0.15, -0.1) is 0 Å². The summed E-state index contributed by atoms with van der Waals surface area (Å²) in [4.78, 5) is 9.28. The van der Waals surface area contributed by atoms with Crippen molar-refractivity contribution in [1.29, 1.82) is 0 Å². The SMILES string of the molecule is COCC=O.[Ba+2].[H-].[H-]. The monoisotopic (exact) mass is 214 g/mol. The van der Waals surface area contributed by atoms with Gasteiger partial charge < -0.3 is 12.4 Å². The standard InChI is InChI=1S/C3H6O2.Ba.2H/c1-5-3-2-4;;;/h2H,3H2,1H3;;;/q;+2;2*-1. The second kappa shape index (κ2) is 9.50. The zero-order chi connectivity index (χ0) is 4.12. The summed E-state index contributed by atoms with van der Waals surface area (Å²) in [6, 6.07) is 0. The minimum absolute atomic E-state index is 0. The van der Waals surface area contributed by atoms with Gasteiger partial charge in [0.25, 0.3) is 0 Å². The first-order valence-electron chi connectivity index (χ1n) is 1.34. The maximum atomic E-state index is 9.28. The third-order valence-electron chi connectivity index (χ3n) is 0.235. The molecule has 0 bridgehead atoms. The van der Waals surface area contributed by atoms with Crippen molar-refractivity contribution in [3.8, 4) is 0 Å². The molecule has 0 amide bonds. The van der Waals surface area contributed by atoms with E-state index in [0.717, 1.165) is 0 Å². The van der Waals surface area contributed by atoms with E-state index in [9.17, 15) is 4.79 Å². The van der Waals surface area contributed by atoms with Crippen molar-refractivity contribution in [2.75, 3.05) is 13.7 Å². The maximum absolute atomic E-state index is 9.28. The van der Waals surface area contributed by atoms with Crippen LogP contribution in [0.3, 0.4) is 0 Å². The van der Waals surface area contributed by atoms with Crippen LogP contribution in [0.2, 0.25) is 0 Å². The molecule has 0 radical (unpaired) electrons. The molecule has 6 heavy (non-hydrogen) atoms. The molecule has 0 unspecified atom stereocenters. The number of carbonyl (C=O) groups excluding carboxylic acids is 1. The Bertz CT molecular complexity index is 36.5. The average molecular weight is 213 g/mol. The Balaban J connectivity index is -0.0000000267. The predicted octanol–water partition coefficient (Wildman–Crippen LogP) is -0.324. The van der Waals surface area contributed by atoms with Crippen LogP contribution in [0.4, 0.5) is 0 Å². The molecule has 0 aromatic rings. The predicted molar refractivity (Wildman–Crippen MR) is 25.9 cm³/mol. The van der Waals surface area contributed by atoms with Crippen molar-refractivity contribution >= 4 is 55.2 Å². The van der Waals surface area contributed by atoms with E-state index in [0.29, 0.717) is 6.29 Å². The molecule has 0 fully saturated rings. The summed E-state index contributed by atoms with van der Waals surface area (Å²) in [6.07, 6.45) is 0.708. The fraction of sp³-hybridized carbons (Fsp3) is 0.667. The number of hydrogen-bond acceptors (Lipinski definition) is 2. The third-order valence-corrected chi connectivity index (χ3v) is 0.235. The summed E-state index contributed by atoms with van der Waals surface area (Å²) in [5, 5.41) is 0. The molecule has 0 spiro atoms.